The van der Waals surface area contributed by atoms with Crippen LogP contribution in [0.5, 0.6) is 0 Å². The van der Waals surface area contributed by atoms with Crippen LogP contribution in [0, 0.1) is 5.92 Å². The number of hydrogen-bond donors (Lipinski definition) is 2. The number of aliphatic hydroxyl groups is 1. The molecular weight excluding hydrogens is 268 g/mol. The van der Waals surface area contributed by atoms with Crippen LogP contribution in [0.2, 0.25) is 0 Å². The molecule has 3 aliphatic rings. The molecule has 0 aromatic rings. The van der Waals surface area contributed by atoms with Crippen LogP contribution in [-0.2, 0) is 9.59 Å². The van der Waals surface area contributed by atoms with Crippen LogP contribution in [0.15, 0.2) is 0 Å². The molecule has 2 saturated carbocycles. The lowest BCUT2D eigenvalue weighted by molar-refractivity contribution is -0.130. The van der Waals surface area contributed by atoms with Gasteiger partial charge in [0.25, 0.3) is 0 Å². The van der Waals surface area contributed by atoms with Crippen LogP contribution in [-0.4, -0.2) is 46.6 Å². The van der Waals surface area contributed by atoms with Gasteiger partial charge in [-0.15, -0.1) is 0 Å². The van der Waals surface area contributed by atoms with Gasteiger partial charge in [0.15, 0.2) is 0 Å². The lowest BCUT2D eigenvalue weighted by Gasteiger charge is -2.29. The number of carbonyl (C=O) groups excluding carboxylic acids is 2. The highest BCUT2D eigenvalue weighted by molar-refractivity contribution is 5.89. The first kappa shape index (κ1) is 14.8. The zero-order chi connectivity index (χ0) is 14.8. The van der Waals surface area contributed by atoms with Gasteiger partial charge < -0.3 is 15.3 Å². The highest BCUT2D eigenvalue weighted by Gasteiger charge is 2.39. The van der Waals surface area contributed by atoms with Crippen LogP contribution in [0.3, 0.4) is 0 Å². The van der Waals surface area contributed by atoms with Gasteiger partial charge in [-0.2, -0.15) is 0 Å². The Bertz CT molecular complexity index is 406. The van der Waals surface area contributed by atoms with Crippen molar-refractivity contribution in [2.24, 2.45) is 5.92 Å². The summed E-state index contributed by atoms with van der Waals surface area (Å²) in [5.74, 6) is -0.145. The molecule has 5 heteroatoms. The summed E-state index contributed by atoms with van der Waals surface area (Å²) in [6, 6.07) is 0.234. The number of hydrogen-bond acceptors (Lipinski definition) is 3. The Kier molecular flexibility index (Phi) is 4.48. The molecule has 1 aliphatic heterocycles. The monoisotopic (exact) mass is 294 g/mol. The molecule has 2 aliphatic carbocycles. The first-order valence-corrected chi connectivity index (χ1v) is 8.43. The van der Waals surface area contributed by atoms with Gasteiger partial charge >= 0.3 is 0 Å². The van der Waals surface area contributed by atoms with E-state index in [1.54, 1.807) is 0 Å². The summed E-state index contributed by atoms with van der Waals surface area (Å²) in [5.41, 5.74) is 0. The second-order valence-electron chi connectivity index (χ2n) is 6.85. The minimum absolute atomic E-state index is 0.0465. The van der Waals surface area contributed by atoms with Crippen molar-refractivity contribution in [1.29, 1.82) is 0 Å². The average molecular weight is 294 g/mol. The molecule has 0 aromatic carbocycles. The highest BCUT2D eigenvalue weighted by Crippen LogP contribution is 2.29. The van der Waals surface area contributed by atoms with E-state index in [-0.39, 0.29) is 23.8 Å². The molecule has 3 rings (SSSR count). The summed E-state index contributed by atoms with van der Waals surface area (Å²) < 4.78 is 0. The number of aliphatic hydroxyl groups excluding tert-OH is 1. The molecule has 0 spiro atoms. The molecule has 3 atom stereocenters. The fourth-order valence-corrected chi connectivity index (χ4v) is 4.06. The van der Waals surface area contributed by atoms with E-state index in [0.29, 0.717) is 19.0 Å². The zero-order valence-corrected chi connectivity index (χ0v) is 12.6. The zero-order valence-electron chi connectivity index (χ0n) is 12.6. The second-order valence-corrected chi connectivity index (χ2v) is 6.85. The Morgan fingerprint density at radius 2 is 1.76 bits per heavy atom. The molecule has 1 saturated heterocycles. The number of nitrogens with one attached hydrogen (secondary N) is 1. The van der Waals surface area contributed by atoms with Gasteiger partial charge in [0.1, 0.15) is 0 Å². The molecule has 2 N–H and O–H groups in total. The van der Waals surface area contributed by atoms with Crippen molar-refractivity contribution in [3.8, 4) is 0 Å². The maximum Gasteiger partial charge on any atom is 0.225 e. The third-order valence-corrected chi connectivity index (χ3v) is 5.35. The Hall–Kier alpha value is -1.10. The highest BCUT2D eigenvalue weighted by atomic mass is 16.3. The molecule has 118 valence electrons. The smallest absolute Gasteiger partial charge is 0.225 e. The first-order valence-electron chi connectivity index (χ1n) is 8.43. The van der Waals surface area contributed by atoms with E-state index in [2.05, 4.69) is 5.32 Å². The quantitative estimate of drug-likeness (QED) is 0.821. The third-order valence-electron chi connectivity index (χ3n) is 5.35. The molecule has 5 nitrogen and oxygen atoms in total. The summed E-state index contributed by atoms with van der Waals surface area (Å²) in [6.07, 6.45) is 8.17. The summed E-state index contributed by atoms with van der Waals surface area (Å²) in [4.78, 5) is 26.4. The van der Waals surface area contributed by atoms with Crippen LogP contribution in [0.4, 0.5) is 0 Å². The van der Waals surface area contributed by atoms with Gasteiger partial charge in [0.05, 0.1) is 18.1 Å². The summed E-state index contributed by atoms with van der Waals surface area (Å²) in [7, 11) is 0. The van der Waals surface area contributed by atoms with Crippen LogP contribution in [0.1, 0.15) is 57.8 Å². The van der Waals surface area contributed by atoms with E-state index in [1.165, 1.54) is 12.8 Å². The van der Waals surface area contributed by atoms with E-state index in [0.717, 1.165) is 38.5 Å². The SMILES string of the molecule is O=C(NC1CCCCC1O)C1CC(=O)N(C2CCCC2)C1. The fraction of sp³-hybridized carbons (Fsp3) is 0.875. The number of carbonyl (C=O) groups is 2. The Morgan fingerprint density at radius 1 is 1.10 bits per heavy atom. The van der Waals surface area contributed by atoms with E-state index >= 15 is 0 Å². The largest absolute Gasteiger partial charge is 0.391 e. The molecule has 2 amide bonds. The van der Waals surface area contributed by atoms with Crippen molar-refractivity contribution >= 4 is 11.8 Å². The lowest BCUT2D eigenvalue weighted by atomic mass is 9.92. The van der Waals surface area contributed by atoms with Crippen molar-refractivity contribution in [1.82, 2.24) is 10.2 Å². The molecular formula is C16H26N2O3. The standard InChI is InChI=1S/C16H26N2O3/c19-14-8-4-3-7-13(14)17-16(21)11-9-15(20)18(10-11)12-5-1-2-6-12/h11-14,19H,1-10H2,(H,17,21). The molecule has 3 fully saturated rings. The van der Waals surface area contributed by atoms with Gasteiger partial charge in [0, 0.05) is 19.0 Å². The Morgan fingerprint density at radius 3 is 2.48 bits per heavy atom. The molecule has 1 heterocycles. The normalized spacial score (nSPS) is 34.4. The lowest BCUT2D eigenvalue weighted by Crippen LogP contribution is -2.47. The predicted molar refractivity (Wildman–Crippen MR) is 78.5 cm³/mol. The topological polar surface area (TPSA) is 69.6 Å². The number of likely N-dealkylation sites (tertiary alicyclic amines) is 1. The minimum atomic E-state index is -0.425. The Balaban J connectivity index is 1.54. The van der Waals surface area contributed by atoms with Gasteiger partial charge in [-0.3, -0.25) is 9.59 Å². The van der Waals surface area contributed by atoms with Crippen molar-refractivity contribution in [2.45, 2.75) is 76.0 Å². The molecule has 3 unspecified atom stereocenters. The second kappa shape index (κ2) is 6.34. The summed E-state index contributed by atoms with van der Waals surface area (Å²) in [5, 5.41) is 12.9. The van der Waals surface area contributed by atoms with E-state index in [4.69, 9.17) is 0 Å². The van der Waals surface area contributed by atoms with Gasteiger partial charge in [-0.05, 0) is 25.7 Å². The van der Waals surface area contributed by atoms with Crippen LogP contribution in [0.25, 0.3) is 0 Å². The molecule has 0 aromatic heterocycles. The maximum absolute atomic E-state index is 12.4. The van der Waals surface area contributed by atoms with Crippen molar-refractivity contribution in [3.63, 3.8) is 0 Å². The van der Waals surface area contributed by atoms with Gasteiger partial charge in [-0.25, -0.2) is 0 Å². The van der Waals surface area contributed by atoms with Crippen molar-refractivity contribution in [3.05, 3.63) is 0 Å². The minimum Gasteiger partial charge on any atom is -0.391 e. The van der Waals surface area contributed by atoms with Gasteiger partial charge in [0.2, 0.25) is 11.8 Å². The molecule has 0 radical (unpaired) electrons. The van der Waals surface area contributed by atoms with E-state index in [1.807, 2.05) is 4.90 Å². The summed E-state index contributed by atoms with van der Waals surface area (Å²) in [6.45, 7) is 0.568. The van der Waals surface area contributed by atoms with Crippen molar-refractivity contribution < 1.29 is 14.7 Å². The summed E-state index contributed by atoms with van der Waals surface area (Å²) >= 11 is 0. The number of rotatable bonds is 3. The number of amides is 2. The van der Waals surface area contributed by atoms with Crippen molar-refractivity contribution in [2.75, 3.05) is 6.54 Å². The third kappa shape index (κ3) is 3.23. The first-order chi connectivity index (χ1) is 10.1. The molecule has 0 bridgehead atoms. The Labute approximate surface area is 126 Å². The van der Waals surface area contributed by atoms with Crippen LogP contribution < -0.4 is 5.32 Å². The van der Waals surface area contributed by atoms with E-state index in [9.17, 15) is 14.7 Å². The van der Waals surface area contributed by atoms with E-state index < -0.39 is 6.10 Å². The average Bonchev–Trinajstić information content (AvgIpc) is 3.10. The maximum atomic E-state index is 12.4. The fourth-order valence-electron chi connectivity index (χ4n) is 4.06. The van der Waals surface area contributed by atoms with Crippen LogP contribution >= 0.6 is 0 Å². The predicted octanol–water partition coefficient (Wildman–Crippen LogP) is 1.20. The molecule has 21 heavy (non-hydrogen) atoms. The number of nitrogens with zero attached hydrogens (tertiary/aromatic N) is 1. The van der Waals surface area contributed by atoms with Gasteiger partial charge in [-0.1, -0.05) is 25.7 Å².